The SMILES string of the molecule is Cc1cccc([N+](=O)[O-])c1NCc1ccc(CCN)cc1. The van der Waals surface area contributed by atoms with E-state index in [-0.39, 0.29) is 10.6 Å². The summed E-state index contributed by atoms with van der Waals surface area (Å²) in [6.45, 7) is 3.04. The van der Waals surface area contributed by atoms with Crippen molar-refractivity contribution in [2.75, 3.05) is 11.9 Å². The molecule has 0 atom stereocenters. The van der Waals surface area contributed by atoms with Crippen LogP contribution in [0.2, 0.25) is 0 Å². The van der Waals surface area contributed by atoms with Crippen molar-refractivity contribution >= 4 is 11.4 Å². The smallest absolute Gasteiger partial charge is 0.292 e. The van der Waals surface area contributed by atoms with Crippen molar-refractivity contribution in [3.63, 3.8) is 0 Å². The highest BCUT2D eigenvalue weighted by atomic mass is 16.6. The van der Waals surface area contributed by atoms with E-state index < -0.39 is 0 Å². The molecule has 2 rings (SSSR count). The van der Waals surface area contributed by atoms with Crippen LogP contribution < -0.4 is 11.1 Å². The first-order valence-corrected chi connectivity index (χ1v) is 6.87. The van der Waals surface area contributed by atoms with E-state index in [2.05, 4.69) is 5.32 Å². The van der Waals surface area contributed by atoms with Gasteiger partial charge >= 0.3 is 0 Å². The van der Waals surface area contributed by atoms with Crippen molar-refractivity contribution < 1.29 is 4.92 Å². The fraction of sp³-hybridized carbons (Fsp3) is 0.250. The summed E-state index contributed by atoms with van der Waals surface area (Å²) in [7, 11) is 0. The number of anilines is 1. The van der Waals surface area contributed by atoms with Gasteiger partial charge in [-0.05, 0) is 36.6 Å². The van der Waals surface area contributed by atoms with Gasteiger partial charge in [0.2, 0.25) is 0 Å². The summed E-state index contributed by atoms with van der Waals surface area (Å²) in [6.07, 6.45) is 0.858. The lowest BCUT2D eigenvalue weighted by Crippen LogP contribution is -2.05. The van der Waals surface area contributed by atoms with Crippen LogP contribution in [0.3, 0.4) is 0 Å². The predicted molar refractivity (Wildman–Crippen MR) is 84.4 cm³/mol. The summed E-state index contributed by atoms with van der Waals surface area (Å²) >= 11 is 0. The zero-order valence-electron chi connectivity index (χ0n) is 12.0. The average Bonchev–Trinajstić information content (AvgIpc) is 2.47. The van der Waals surface area contributed by atoms with E-state index in [0.717, 1.165) is 17.5 Å². The predicted octanol–water partition coefficient (Wildman–Crippen LogP) is 3.02. The number of hydrogen-bond acceptors (Lipinski definition) is 4. The van der Waals surface area contributed by atoms with Gasteiger partial charge in [0.15, 0.2) is 0 Å². The molecule has 0 aromatic heterocycles. The summed E-state index contributed by atoms with van der Waals surface area (Å²) in [5, 5.41) is 14.2. The Hall–Kier alpha value is -2.40. The number of hydrogen-bond donors (Lipinski definition) is 2. The van der Waals surface area contributed by atoms with E-state index in [1.165, 1.54) is 11.6 Å². The van der Waals surface area contributed by atoms with Crippen molar-refractivity contribution in [1.82, 2.24) is 0 Å². The van der Waals surface area contributed by atoms with Gasteiger partial charge in [0.25, 0.3) is 5.69 Å². The number of nitrogens with one attached hydrogen (secondary N) is 1. The van der Waals surface area contributed by atoms with Gasteiger partial charge in [-0.15, -0.1) is 0 Å². The molecule has 2 aromatic rings. The number of nitro benzene ring substituents is 1. The number of aryl methyl sites for hydroxylation is 1. The van der Waals surface area contributed by atoms with E-state index in [1.54, 1.807) is 6.07 Å². The molecule has 21 heavy (non-hydrogen) atoms. The van der Waals surface area contributed by atoms with Gasteiger partial charge in [0, 0.05) is 12.6 Å². The molecule has 0 bridgehead atoms. The summed E-state index contributed by atoms with van der Waals surface area (Å²) in [5.41, 5.74) is 9.34. The first kappa shape index (κ1) is 15.0. The van der Waals surface area contributed by atoms with Crippen LogP contribution in [0.15, 0.2) is 42.5 Å². The highest BCUT2D eigenvalue weighted by molar-refractivity contribution is 5.66. The molecule has 0 spiro atoms. The van der Waals surface area contributed by atoms with Crippen LogP contribution in [-0.2, 0) is 13.0 Å². The second-order valence-electron chi connectivity index (χ2n) is 4.93. The van der Waals surface area contributed by atoms with Crippen molar-refractivity contribution in [1.29, 1.82) is 0 Å². The maximum absolute atomic E-state index is 11.1. The molecular formula is C16H19N3O2. The van der Waals surface area contributed by atoms with Crippen molar-refractivity contribution in [2.45, 2.75) is 19.9 Å². The van der Waals surface area contributed by atoms with Crippen molar-refractivity contribution in [3.8, 4) is 0 Å². The molecule has 0 aliphatic rings. The van der Waals surface area contributed by atoms with Gasteiger partial charge in [-0.3, -0.25) is 10.1 Å². The molecule has 3 N–H and O–H groups in total. The Morgan fingerprint density at radius 2 is 1.81 bits per heavy atom. The molecule has 0 fully saturated rings. The summed E-state index contributed by atoms with van der Waals surface area (Å²) in [6, 6.07) is 13.2. The van der Waals surface area contributed by atoms with E-state index in [4.69, 9.17) is 5.73 Å². The molecule has 0 saturated carbocycles. The first-order chi connectivity index (χ1) is 10.1. The third-order valence-electron chi connectivity index (χ3n) is 3.37. The van der Waals surface area contributed by atoms with E-state index in [0.29, 0.717) is 18.8 Å². The second-order valence-corrected chi connectivity index (χ2v) is 4.93. The normalized spacial score (nSPS) is 10.4. The average molecular weight is 285 g/mol. The van der Waals surface area contributed by atoms with Gasteiger partial charge in [0.05, 0.1) is 4.92 Å². The Morgan fingerprint density at radius 3 is 2.43 bits per heavy atom. The topological polar surface area (TPSA) is 81.2 Å². The number of nitrogens with zero attached hydrogens (tertiary/aromatic N) is 1. The van der Waals surface area contributed by atoms with Gasteiger partial charge in [-0.25, -0.2) is 0 Å². The first-order valence-electron chi connectivity index (χ1n) is 6.87. The van der Waals surface area contributed by atoms with Crippen LogP contribution in [0.25, 0.3) is 0 Å². The molecule has 0 radical (unpaired) electrons. The maximum Gasteiger partial charge on any atom is 0.292 e. The van der Waals surface area contributed by atoms with Crippen molar-refractivity contribution in [3.05, 3.63) is 69.3 Å². The van der Waals surface area contributed by atoms with Crippen LogP contribution in [0.1, 0.15) is 16.7 Å². The standard InChI is InChI=1S/C16H19N3O2/c1-12-3-2-4-15(19(20)21)16(12)18-11-14-7-5-13(6-8-14)9-10-17/h2-8,18H,9-11,17H2,1H3. The summed E-state index contributed by atoms with van der Waals surface area (Å²) in [5.74, 6) is 0. The van der Waals surface area contributed by atoms with Crippen molar-refractivity contribution in [2.24, 2.45) is 5.73 Å². The third-order valence-corrected chi connectivity index (χ3v) is 3.37. The fourth-order valence-electron chi connectivity index (χ4n) is 2.22. The highest BCUT2D eigenvalue weighted by Gasteiger charge is 2.14. The van der Waals surface area contributed by atoms with E-state index in [9.17, 15) is 10.1 Å². The highest BCUT2D eigenvalue weighted by Crippen LogP contribution is 2.28. The zero-order chi connectivity index (χ0) is 15.2. The quantitative estimate of drug-likeness (QED) is 0.631. The van der Waals surface area contributed by atoms with Gasteiger partial charge in [-0.1, -0.05) is 36.4 Å². The molecule has 0 amide bonds. The lowest BCUT2D eigenvalue weighted by Gasteiger charge is -2.10. The molecule has 5 nitrogen and oxygen atoms in total. The van der Waals surface area contributed by atoms with Gasteiger partial charge in [0.1, 0.15) is 5.69 Å². The van der Waals surface area contributed by atoms with Gasteiger partial charge in [-0.2, -0.15) is 0 Å². The molecular weight excluding hydrogens is 266 g/mol. The number of benzene rings is 2. The Balaban J connectivity index is 2.11. The monoisotopic (exact) mass is 285 g/mol. The minimum Gasteiger partial charge on any atom is -0.375 e. The molecule has 110 valence electrons. The zero-order valence-corrected chi connectivity index (χ0v) is 12.0. The largest absolute Gasteiger partial charge is 0.375 e. The Bertz CT molecular complexity index is 624. The molecule has 5 heteroatoms. The third kappa shape index (κ3) is 3.79. The Morgan fingerprint density at radius 1 is 1.14 bits per heavy atom. The maximum atomic E-state index is 11.1. The van der Waals surface area contributed by atoms with Gasteiger partial charge < -0.3 is 11.1 Å². The Labute approximate surface area is 123 Å². The van der Waals surface area contributed by atoms with Crippen LogP contribution in [-0.4, -0.2) is 11.5 Å². The fourth-order valence-corrected chi connectivity index (χ4v) is 2.22. The molecule has 2 aromatic carbocycles. The molecule has 0 aliphatic heterocycles. The number of nitro groups is 1. The number of para-hydroxylation sites is 1. The van der Waals surface area contributed by atoms with E-state index in [1.807, 2.05) is 37.3 Å². The van der Waals surface area contributed by atoms with Crippen LogP contribution in [0.4, 0.5) is 11.4 Å². The van der Waals surface area contributed by atoms with E-state index >= 15 is 0 Å². The lowest BCUT2D eigenvalue weighted by molar-refractivity contribution is -0.384. The molecule has 0 unspecified atom stereocenters. The molecule has 0 heterocycles. The van der Waals surface area contributed by atoms with Crippen LogP contribution in [0.5, 0.6) is 0 Å². The van der Waals surface area contributed by atoms with Crippen LogP contribution >= 0.6 is 0 Å². The summed E-state index contributed by atoms with van der Waals surface area (Å²) < 4.78 is 0. The minimum atomic E-state index is -0.361. The molecule has 0 aliphatic carbocycles. The number of nitrogens with two attached hydrogens (primary N) is 1. The Kier molecular flexibility index (Phi) is 4.90. The van der Waals surface area contributed by atoms with Crippen LogP contribution in [0, 0.1) is 17.0 Å². The number of rotatable bonds is 6. The summed E-state index contributed by atoms with van der Waals surface area (Å²) in [4.78, 5) is 10.7. The molecule has 0 saturated heterocycles. The minimum absolute atomic E-state index is 0.106. The second kappa shape index (κ2) is 6.85. The lowest BCUT2D eigenvalue weighted by atomic mass is 10.1.